The number of aliphatic carboxylic acids is 1. The molecule has 0 aromatic rings. The molecule has 2 saturated heterocycles. The third-order valence-corrected chi connectivity index (χ3v) is 4.33. The Bertz CT molecular complexity index is 455. The van der Waals surface area contributed by atoms with Gasteiger partial charge in [0.15, 0.2) is 0 Å². The van der Waals surface area contributed by atoms with Gasteiger partial charge in [0.05, 0.1) is 19.3 Å². The lowest BCUT2D eigenvalue weighted by atomic mass is 9.85. The fraction of sp³-hybridized carbons (Fsp3) is 0.769. The molecule has 0 aliphatic carbocycles. The van der Waals surface area contributed by atoms with E-state index in [1.165, 1.54) is 11.8 Å². The summed E-state index contributed by atoms with van der Waals surface area (Å²) in [6.45, 7) is 2.17. The highest BCUT2D eigenvalue weighted by molar-refractivity contribution is 5.86. The van der Waals surface area contributed by atoms with Crippen LogP contribution in [0.3, 0.4) is 0 Å². The Morgan fingerprint density at radius 1 is 1.38 bits per heavy atom. The molecule has 0 spiro atoms. The number of hydrogen-bond donors (Lipinski definition) is 3. The van der Waals surface area contributed by atoms with E-state index in [2.05, 4.69) is 5.32 Å². The van der Waals surface area contributed by atoms with Crippen LogP contribution in [0, 0.1) is 5.41 Å². The van der Waals surface area contributed by atoms with Crippen molar-refractivity contribution in [3.8, 4) is 0 Å². The van der Waals surface area contributed by atoms with Gasteiger partial charge in [0, 0.05) is 6.54 Å². The Balaban J connectivity index is 2.06. The summed E-state index contributed by atoms with van der Waals surface area (Å²) in [5.41, 5.74) is 4.17. The smallest absolute Gasteiger partial charge is 0.318 e. The molecule has 3 amide bonds. The number of carbonyl (C=O) groups excluding carboxylic acids is 2. The number of carbonyl (C=O) groups is 3. The summed E-state index contributed by atoms with van der Waals surface area (Å²) in [4.78, 5) is 36.5. The van der Waals surface area contributed by atoms with Crippen molar-refractivity contribution in [2.75, 3.05) is 19.8 Å². The van der Waals surface area contributed by atoms with E-state index in [9.17, 15) is 19.5 Å². The van der Waals surface area contributed by atoms with Gasteiger partial charge in [0.25, 0.3) is 0 Å². The van der Waals surface area contributed by atoms with E-state index in [4.69, 9.17) is 10.5 Å². The number of urea groups is 1. The van der Waals surface area contributed by atoms with E-state index >= 15 is 0 Å². The van der Waals surface area contributed by atoms with Crippen LogP contribution in [0.2, 0.25) is 0 Å². The first-order valence-electron chi connectivity index (χ1n) is 7.04. The monoisotopic (exact) mass is 299 g/mol. The van der Waals surface area contributed by atoms with Crippen LogP contribution in [-0.4, -0.2) is 59.8 Å². The van der Waals surface area contributed by atoms with Gasteiger partial charge >= 0.3 is 12.0 Å². The summed E-state index contributed by atoms with van der Waals surface area (Å²) >= 11 is 0. The minimum Gasteiger partial charge on any atom is -0.481 e. The number of amides is 3. The van der Waals surface area contributed by atoms with Gasteiger partial charge in [-0.25, -0.2) is 4.79 Å². The molecule has 0 saturated carbocycles. The minimum atomic E-state index is -1.16. The molecule has 0 bridgehead atoms. The Kier molecular flexibility index (Phi) is 4.36. The van der Waals surface area contributed by atoms with Crippen molar-refractivity contribution in [2.45, 2.75) is 38.3 Å². The molecule has 0 radical (unpaired) electrons. The lowest BCUT2D eigenvalue weighted by Gasteiger charge is -2.35. The molecule has 2 heterocycles. The Morgan fingerprint density at radius 2 is 2.10 bits per heavy atom. The fourth-order valence-electron chi connectivity index (χ4n) is 2.79. The van der Waals surface area contributed by atoms with Crippen molar-refractivity contribution in [3.05, 3.63) is 0 Å². The van der Waals surface area contributed by atoms with Crippen molar-refractivity contribution in [2.24, 2.45) is 11.1 Å². The van der Waals surface area contributed by atoms with Crippen LogP contribution in [-0.2, 0) is 14.3 Å². The predicted octanol–water partition coefficient (Wildman–Crippen LogP) is -0.474. The number of carboxylic acids is 1. The average Bonchev–Trinajstić information content (AvgIpc) is 2.81. The molecule has 2 aliphatic rings. The van der Waals surface area contributed by atoms with Gasteiger partial charge in [-0.1, -0.05) is 0 Å². The maximum Gasteiger partial charge on any atom is 0.318 e. The van der Waals surface area contributed by atoms with Crippen molar-refractivity contribution < 1.29 is 24.2 Å². The SMILES string of the molecule is CC1(C(=O)O)COCC1NC(=O)N1CCCCC1C(N)=O. The van der Waals surface area contributed by atoms with Crippen LogP contribution in [0.1, 0.15) is 26.2 Å². The number of carboxylic acid groups (broad SMARTS) is 1. The summed E-state index contributed by atoms with van der Waals surface area (Å²) in [6.07, 6.45) is 2.19. The van der Waals surface area contributed by atoms with Crippen molar-refractivity contribution >= 4 is 17.9 Å². The zero-order valence-electron chi connectivity index (χ0n) is 12.0. The van der Waals surface area contributed by atoms with Crippen LogP contribution in [0.5, 0.6) is 0 Å². The van der Waals surface area contributed by atoms with Gasteiger partial charge in [-0.3, -0.25) is 9.59 Å². The third kappa shape index (κ3) is 2.94. The molecule has 21 heavy (non-hydrogen) atoms. The summed E-state index contributed by atoms with van der Waals surface area (Å²) in [5, 5.41) is 12.0. The molecular formula is C13H21N3O5. The number of ether oxygens (including phenoxy) is 1. The topological polar surface area (TPSA) is 122 Å². The number of nitrogens with zero attached hydrogens (tertiary/aromatic N) is 1. The lowest BCUT2D eigenvalue weighted by Crippen LogP contribution is -2.58. The fourth-order valence-corrected chi connectivity index (χ4v) is 2.79. The van der Waals surface area contributed by atoms with E-state index in [1.807, 2.05) is 0 Å². The molecule has 2 aliphatic heterocycles. The van der Waals surface area contributed by atoms with Gasteiger partial charge in [-0.05, 0) is 26.2 Å². The predicted molar refractivity (Wildman–Crippen MR) is 72.4 cm³/mol. The van der Waals surface area contributed by atoms with Gasteiger partial charge in [0.1, 0.15) is 11.5 Å². The number of nitrogens with one attached hydrogen (secondary N) is 1. The molecular weight excluding hydrogens is 278 g/mol. The summed E-state index contributed by atoms with van der Waals surface area (Å²) in [5.74, 6) is -1.55. The number of rotatable bonds is 3. The number of primary amides is 1. The zero-order chi connectivity index (χ0) is 15.6. The maximum absolute atomic E-state index is 12.3. The third-order valence-electron chi connectivity index (χ3n) is 4.33. The molecule has 8 nitrogen and oxygen atoms in total. The summed E-state index contributed by atoms with van der Waals surface area (Å²) < 4.78 is 5.19. The van der Waals surface area contributed by atoms with Crippen molar-refractivity contribution in [1.29, 1.82) is 0 Å². The van der Waals surface area contributed by atoms with Crippen LogP contribution in [0.15, 0.2) is 0 Å². The second kappa shape index (κ2) is 5.88. The van der Waals surface area contributed by atoms with E-state index in [1.54, 1.807) is 0 Å². The molecule has 2 rings (SSSR count). The Labute approximate surface area is 122 Å². The number of piperidine rings is 1. The molecule has 8 heteroatoms. The van der Waals surface area contributed by atoms with Crippen molar-refractivity contribution in [3.63, 3.8) is 0 Å². The summed E-state index contributed by atoms with van der Waals surface area (Å²) in [7, 11) is 0. The zero-order valence-corrected chi connectivity index (χ0v) is 12.0. The van der Waals surface area contributed by atoms with E-state index in [-0.39, 0.29) is 13.2 Å². The molecule has 4 N–H and O–H groups in total. The molecule has 0 aromatic carbocycles. The first-order chi connectivity index (χ1) is 9.86. The lowest BCUT2D eigenvalue weighted by molar-refractivity contribution is -0.148. The van der Waals surface area contributed by atoms with Crippen LogP contribution in [0.25, 0.3) is 0 Å². The van der Waals surface area contributed by atoms with Crippen LogP contribution in [0.4, 0.5) is 4.79 Å². The van der Waals surface area contributed by atoms with E-state index in [0.29, 0.717) is 13.0 Å². The van der Waals surface area contributed by atoms with Gasteiger partial charge in [-0.2, -0.15) is 0 Å². The molecule has 0 aromatic heterocycles. The van der Waals surface area contributed by atoms with Gasteiger partial charge < -0.3 is 25.8 Å². The maximum atomic E-state index is 12.3. The second-order valence-corrected chi connectivity index (χ2v) is 5.85. The molecule has 3 atom stereocenters. The Hall–Kier alpha value is -1.83. The Morgan fingerprint density at radius 3 is 2.71 bits per heavy atom. The highest BCUT2D eigenvalue weighted by atomic mass is 16.5. The number of hydrogen-bond acceptors (Lipinski definition) is 4. The standard InChI is InChI=1S/C13H21N3O5/c1-13(11(18)19)7-21-6-9(13)15-12(20)16-5-3-2-4-8(16)10(14)17/h8-9H,2-7H2,1H3,(H2,14,17)(H,15,20)(H,18,19). The highest BCUT2D eigenvalue weighted by Gasteiger charge is 2.48. The minimum absolute atomic E-state index is 0.0481. The van der Waals surface area contributed by atoms with Gasteiger partial charge in [0.2, 0.25) is 5.91 Å². The molecule has 118 valence electrons. The first kappa shape index (κ1) is 15.6. The van der Waals surface area contributed by atoms with Crippen LogP contribution >= 0.6 is 0 Å². The second-order valence-electron chi connectivity index (χ2n) is 5.85. The molecule has 2 fully saturated rings. The molecule has 3 unspecified atom stereocenters. The van der Waals surface area contributed by atoms with Crippen molar-refractivity contribution in [1.82, 2.24) is 10.2 Å². The van der Waals surface area contributed by atoms with Gasteiger partial charge in [-0.15, -0.1) is 0 Å². The van der Waals surface area contributed by atoms with Crippen LogP contribution < -0.4 is 11.1 Å². The van der Waals surface area contributed by atoms with E-state index < -0.39 is 35.4 Å². The normalized spacial score (nSPS) is 32.7. The largest absolute Gasteiger partial charge is 0.481 e. The number of nitrogens with two attached hydrogens (primary N) is 1. The number of likely N-dealkylation sites (tertiary alicyclic amines) is 1. The van der Waals surface area contributed by atoms with E-state index in [0.717, 1.165) is 12.8 Å². The average molecular weight is 299 g/mol. The quantitative estimate of drug-likeness (QED) is 0.650. The summed E-state index contributed by atoms with van der Waals surface area (Å²) in [6, 6.07) is -1.71. The highest BCUT2D eigenvalue weighted by Crippen LogP contribution is 2.29. The first-order valence-corrected chi connectivity index (χ1v) is 7.04.